The number of rotatable bonds is 2. The maximum atomic E-state index is 13.2. The van der Waals surface area contributed by atoms with Crippen LogP contribution in [0.15, 0.2) is 33.7 Å². The Morgan fingerprint density at radius 2 is 1.83 bits per heavy atom. The summed E-state index contributed by atoms with van der Waals surface area (Å²) >= 11 is 5.98. The number of aryl methyl sites for hydroxylation is 1. The predicted octanol–water partition coefficient (Wildman–Crippen LogP) is 2.22. The Kier molecular flexibility index (Phi) is 4.83. The second-order valence-electron chi connectivity index (χ2n) is 6.65. The average Bonchev–Trinajstić information content (AvgIpc) is 3.04. The molecule has 1 fully saturated rings. The molecule has 2 amide bonds. The maximum absolute atomic E-state index is 13.2. The van der Waals surface area contributed by atoms with Gasteiger partial charge in [-0.1, -0.05) is 11.6 Å². The Hall–Kier alpha value is -3.20. The third-order valence-electron chi connectivity index (χ3n) is 4.90. The van der Waals surface area contributed by atoms with Crippen molar-refractivity contribution < 1.29 is 18.4 Å². The summed E-state index contributed by atoms with van der Waals surface area (Å²) in [6.45, 7) is 2.70. The monoisotopic (exact) mass is 418 g/mol. The molecule has 1 N–H and O–H groups in total. The van der Waals surface area contributed by atoms with Gasteiger partial charge in [-0.05, 0) is 25.1 Å². The van der Waals surface area contributed by atoms with Crippen LogP contribution in [0.5, 0.6) is 0 Å². The summed E-state index contributed by atoms with van der Waals surface area (Å²) in [5.74, 6) is -0.890. The largest absolute Gasteiger partial charge is 0.442 e. The highest BCUT2D eigenvalue weighted by molar-refractivity contribution is 6.33. The molecule has 1 aromatic carbocycles. The second kappa shape index (κ2) is 7.32. The molecule has 0 saturated carbocycles. The molecule has 1 aliphatic heterocycles. The van der Waals surface area contributed by atoms with E-state index in [1.165, 1.54) is 18.5 Å². The average molecular weight is 419 g/mol. The van der Waals surface area contributed by atoms with Crippen molar-refractivity contribution in [3.05, 3.63) is 62.6 Å². The normalized spacial score (nSPS) is 14.4. The van der Waals surface area contributed by atoms with Crippen LogP contribution < -0.4 is 5.56 Å². The quantitative estimate of drug-likeness (QED) is 0.687. The highest BCUT2D eigenvalue weighted by Gasteiger charge is 2.30. The van der Waals surface area contributed by atoms with Crippen LogP contribution in [0, 0.1) is 12.7 Å². The number of amides is 2. The zero-order chi connectivity index (χ0) is 20.7. The van der Waals surface area contributed by atoms with Gasteiger partial charge in [-0.3, -0.25) is 14.4 Å². The number of fused-ring (bicyclic) bond motifs is 1. The Morgan fingerprint density at radius 3 is 2.48 bits per heavy atom. The summed E-state index contributed by atoms with van der Waals surface area (Å²) in [5, 5.41) is 0.160. The Labute approximate surface area is 168 Å². The van der Waals surface area contributed by atoms with Crippen LogP contribution in [-0.2, 0) is 0 Å². The first-order valence-electron chi connectivity index (χ1n) is 8.87. The van der Waals surface area contributed by atoms with Gasteiger partial charge in [0, 0.05) is 26.2 Å². The lowest BCUT2D eigenvalue weighted by Crippen LogP contribution is -2.50. The van der Waals surface area contributed by atoms with Crippen molar-refractivity contribution in [3.8, 4) is 0 Å². The van der Waals surface area contributed by atoms with Crippen LogP contribution in [0.1, 0.15) is 26.5 Å². The summed E-state index contributed by atoms with van der Waals surface area (Å²) in [4.78, 5) is 47.3. The van der Waals surface area contributed by atoms with Gasteiger partial charge in [-0.25, -0.2) is 9.37 Å². The number of carbonyl (C=O) groups is 2. The van der Waals surface area contributed by atoms with Crippen molar-refractivity contribution in [1.82, 2.24) is 19.8 Å². The lowest BCUT2D eigenvalue weighted by atomic mass is 10.1. The second-order valence-corrected chi connectivity index (χ2v) is 7.06. The van der Waals surface area contributed by atoms with E-state index in [4.69, 9.17) is 16.0 Å². The SMILES string of the molecule is Cc1oc2nc[nH]c(=O)c2c1C(=O)N1CCN(C(=O)c2ccc(F)cc2Cl)CC1. The number of nitrogens with one attached hydrogen (secondary N) is 1. The summed E-state index contributed by atoms with van der Waals surface area (Å²) in [7, 11) is 0. The fraction of sp³-hybridized carbons (Fsp3) is 0.263. The first-order chi connectivity index (χ1) is 13.9. The molecule has 10 heteroatoms. The summed E-state index contributed by atoms with van der Waals surface area (Å²) in [6.07, 6.45) is 1.22. The van der Waals surface area contributed by atoms with Crippen molar-refractivity contribution in [1.29, 1.82) is 0 Å². The van der Waals surface area contributed by atoms with Crippen LogP contribution in [-0.4, -0.2) is 57.8 Å². The molecule has 150 valence electrons. The summed E-state index contributed by atoms with van der Waals surface area (Å²) in [5.41, 5.74) is 0.0437. The predicted molar refractivity (Wildman–Crippen MR) is 103 cm³/mol. The summed E-state index contributed by atoms with van der Waals surface area (Å²) < 4.78 is 18.7. The van der Waals surface area contributed by atoms with Gasteiger partial charge in [0.05, 0.1) is 22.5 Å². The van der Waals surface area contributed by atoms with Crippen molar-refractivity contribution in [2.24, 2.45) is 0 Å². The van der Waals surface area contributed by atoms with Gasteiger partial charge in [-0.15, -0.1) is 0 Å². The van der Waals surface area contributed by atoms with Gasteiger partial charge in [0.1, 0.15) is 17.0 Å². The Bertz CT molecular complexity index is 1180. The van der Waals surface area contributed by atoms with E-state index in [2.05, 4.69) is 9.97 Å². The van der Waals surface area contributed by atoms with E-state index in [0.29, 0.717) is 5.76 Å². The number of nitrogens with zero attached hydrogens (tertiary/aromatic N) is 3. The minimum absolute atomic E-state index is 0.0423. The minimum Gasteiger partial charge on any atom is -0.442 e. The highest BCUT2D eigenvalue weighted by Crippen LogP contribution is 2.24. The molecule has 29 heavy (non-hydrogen) atoms. The number of halogens is 2. The molecule has 3 heterocycles. The molecule has 3 aromatic rings. The van der Waals surface area contributed by atoms with E-state index in [-0.39, 0.29) is 65.2 Å². The molecule has 1 saturated heterocycles. The van der Waals surface area contributed by atoms with Gasteiger partial charge < -0.3 is 19.2 Å². The van der Waals surface area contributed by atoms with Crippen molar-refractivity contribution >= 4 is 34.5 Å². The molecular weight excluding hydrogens is 403 g/mol. The third-order valence-corrected chi connectivity index (χ3v) is 5.21. The number of hydrogen-bond donors (Lipinski definition) is 1. The lowest BCUT2D eigenvalue weighted by molar-refractivity contribution is 0.0535. The standard InChI is InChI=1S/C19H16ClFN4O4/c1-10-14(15-16(26)22-9-23-17(15)29-10)19(28)25-6-4-24(5-7-25)18(27)12-3-2-11(21)8-13(12)20/h2-3,8-9H,4-7H2,1H3,(H,22,23,26). The molecule has 0 bridgehead atoms. The van der Waals surface area contributed by atoms with E-state index in [9.17, 15) is 18.8 Å². The number of benzene rings is 1. The van der Waals surface area contributed by atoms with E-state index < -0.39 is 11.4 Å². The van der Waals surface area contributed by atoms with Crippen molar-refractivity contribution in [2.75, 3.05) is 26.2 Å². The van der Waals surface area contributed by atoms with Crippen LogP contribution in [0.3, 0.4) is 0 Å². The molecule has 0 spiro atoms. The number of hydrogen-bond acceptors (Lipinski definition) is 5. The molecule has 1 aliphatic rings. The van der Waals surface area contributed by atoms with E-state index in [1.54, 1.807) is 16.7 Å². The summed E-state index contributed by atoms with van der Waals surface area (Å²) in [6, 6.07) is 3.61. The first-order valence-corrected chi connectivity index (χ1v) is 9.25. The Morgan fingerprint density at radius 1 is 1.17 bits per heavy atom. The molecule has 4 rings (SSSR count). The van der Waals surface area contributed by atoms with Gasteiger partial charge in [0.15, 0.2) is 0 Å². The first kappa shape index (κ1) is 19.1. The van der Waals surface area contributed by atoms with Gasteiger partial charge >= 0.3 is 0 Å². The fourth-order valence-electron chi connectivity index (χ4n) is 3.41. The highest BCUT2D eigenvalue weighted by atomic mass is 35.5. The topological polar surface area (TPSA) is 99.5 Å². The van der Waals surface area contributed by atoms with E-state index in [0.717, 1.165) is 6.07 Å². The number of carbonyl (C=O) groups excluding carboxylic acids is 2. The fourth-order valence-corrected chi connectivity index (χ4v) is 3.66. The molecule has 0 aliphatic carbocycles. The minimum atomic E-state index is -0.519. The van der Waals surface area contributed by atoms with E-state index >= 15 is 0 Å². The van der Waals surface area contributed by atoms with Crippen LogP contribution in [0.2, 0.25) is 5.02 Å². The zero-order valence-corrected chi connectivity index (χ0v) is 16.1. The van der Waals surface area contributed by atoms with Crippen LogP contribution in [0.25, 0.3) is 11.1 Å². The molecular formula is C19H16ClFN4O4. The van der Waals surface area contributed by atoms with Crippen molar-refractivity contribution in [2.45, 2.75) is 6.92 Å². The Balaban J connectivity index is 1.52. The number of piperazine rings is 1. The zero-order valence-electron chi connectivity index (χ0n) is 15.4. The number of aromatic nitrogens is 2. The van der Waals surface area contributed by atoms with Crippen molar-refractivity contribution in [3.63, 3.8) is 0 Å². The van der Waals surface area contributed by atoms with Gasteiger partial charge in [0.2, 0.25) is 5.71 Å². The number of aromatic amines is 1. The molecule has 8 nitrogen and oxygen atoms in total. The third kappa shape index (κ3) is 3.38. The lowest BCUT2D eigenvalue weighted by Gasteiger charge is -2.34. The number of H-pyrrole nitrogens is 1. The van der Waals surface area contributed by atoms with Gasteiger partial charge in [-0.2, -0.15) is 0 Å². The molecule has 0 unspecified atom stereocenters. The maximum Gasteiger partial charge on any atom is 0.262 e. The molecule has 0 radical (unpaired) electrons. The smallest absolute Gasteiger partial charge is 0.262 e. The molecule has 0 atom stereocenters. The van der Waals surface area contributed by atoms with E-state index in [1.807, 2.05) is 0 Å². The number of furan rings is 1. The van der Waals surface area contributed by atoms with Crippen LogP contribution in [0.4, 0.5) is 4.39 Å². The van der Waals surface area contributed by atoms with Gasteiger partial charge in [0.25, 0.3) is 17.4 Å². The molecule has 2 aromatic heterocycles. The van der Waals surface area contributed by atoms with Crippen LogP contribution >= 0.6 is 11.6 Å².